The van der Waals surface area contributed by atoms with Crippen LogP contribution >= 0.6 is 11.5 Å². The molecule has 3 aromatic rings. The van der Waals surface area contributed by atoms with Gasteiger partial charge in [-0.25, -0.2) is 4.98 Å². The topological polar surface area (TPSA) is 87.7 Å². The molecule has 1 aromatic carbocycles. The number of carbonyl (C=O) groups is 2. The number of hydrogen-bond donors (Lipinski definition) is 1. The number of nitrogens with one attached hydrogen (secondary N) is 1. The van der Waals surface area contributed by atoms with E-state index in [4.69, 9.17) is 4.74 Å². The zero-order valence-corrected chi connectivity index (χ0v) is 21.8. The lowest BCUT2D eigenvalue weighted by Gasteiger charge is -2.35. The van der Waals surface area contributed by atoms with Crippen molar-refractivity contribution in [3.05, 3.63) is 52.8 Å². The van der Waals surface area contributed by atoms with Crippen LogP contribution in [0.1, 0.15) is 46.9 Å². The Kier molecular flexibility index (Phi) is 7.48. The fourth-order valence-electron chi connectivity index (χ4n) is 5.05. The largest absolute Gasteiger partial charge is 0.378 e. The molecule has 5 rings (SSSR count). The fraction of sp³-hybridized carbons (Fsp3) is 0.481. The van der Waals surface area contributed by atoms with E-state index in [1.165, 1.54) is 17.1 Å². The molecule has 0 aliphatic carbocycles. The van der Waals surface area contributed by atoms with Crippen molar-refractivity contribution in [1.82, 2.24) is 19.6 Å². The number of pyridine rings is 1. The average Bonchev–Trinajstić information content (AvgIpc) is 3.32. The number of anilines is 1. The van der Waals surface area contributed by atoms with E-state index in [9.17, 15) is 9.59 Å². The van der Waals surface area contributed by atoms with Gasteiger partial charge in [0, 0.05) is 44.8 Å². The predicted molar refractivity (Wildman–Crippen MR) is 141 cm³/mol. The molecular formula is C27H33N5O3S. The van der Waals surface area contributed by atoms with Crippen molar-refractivity contribution in [3.63, 3.8) is 0 Å². The molecule has 0 atom stereocenters. The summed E-state index contributed by atoms with van der Waals surface area (Å²) in [7, 11) is 0. The van der Waals surface area contributed by atoms with E-state index < -0.39 is 0 Å². The van der Waals surface area contributed by atoms with E-state index in [0.29, 0.717) is 51.5 Å². The number of aryl methyl sites for hydroxylation is 2. The van der Waals surface area contributed by atoms with E-state index in [2.05, 4.69) is 50.8 Å². The highest BCUT2D eigenvalue weighted by atomic mass is 32.1. The van der Waals surface area contributed by atoms with Crippen LogP contribution in [-0.4, -0.2) is 65.5 Å². The number of piperidine rings is 1. The van der Waals surface area contributed by atoms with Gasteiger partial charge in [-0.15, -0.1) is 0 Å². The monoisotopic (exact) mass is 507 g/mol. The second-order valence-electron chi connectivity index (χ2n) is 9.52. The van der Waals surface area contributed by atoms with E-state index in [1.54, 1.807) is 6.20 Å². The number of amides is 2. The zero-order chi connectivity index (χ0) is 25.1. The van der Waals surface area contributed by atoms with Crippen LogP contribution in [0.2, 0.25) is 0 Å². The van der Waals surface area contributed by atoms with Crippen molar-refractivity contribution in [2.24, 2.45) is 5.92 Å². The van der Waals surface area contributed by atoms with E-state index in [1.807, 2.05) is 11.8 Å². The van der Waals surface area contributed by atoms with Crippen LogP contribution in [-0.2, 0) is 22.5 Å². The Morgan fingerprint density at radius 1 is 1.08 bits per heavy atom. The molecule has 0 unspecified atom stereocenters. The first-order chi connectivity index (χ1) is 17.5. The first kappa shape index (κ1) is 24.6. The summed E-state index contributed by atoms with van der Waals surface area (Å²) in [4.78, 5) is 35.9. The van der Waals surface area contributed by atoms with Crippen LogP contribution in [0.15, 0.2) is 30.5 Å². The van der Waals surface area contributed by atoms with Gasteiger partial charge in [0.15, 0.2) is 0 Å². The van der Waals surface area contributed by atoms with Gasteiger partial charge in [0.25, 0.3) is 5.91 Å². The van der Waals surface area contributed by atoms with Crippen LogP contribution in [0.25, 0.3) is 10.2 Å². The third kappa shape index (κ3) is 5.08. The van der Waals surface area contributed by atoms with Gasteiger partial charge in [-0.2, -0.15) is 4.37 Å². The summed E-state index contributed by atoms with van der Waals surface area (Å²) in [5.74, 6) is 0.0583. The van der Waals surface area contributed by atoms with Crippen molar-refractivity contribution in [1.29, 1.82) is 0 Å². The molecule has 9 heteroatoms. The summed E-state index contributed by atoms with van der Waals surface area (Å²) in [5.41, 5.74) is 4.83. The number of morpholine rings is 1. The Bertz CT molecular complexity index is 1230. The van der Waals surface area contributed by atoms with Crippen molar-refractivity contribution in [2.75, 3.05) is 44.3 Å². The lowest BCUT2D eigenvalue weighted by atomic mass is 9.94. The summed E-state index contributed by atoms with van der Waals surface area (Å²) < 4.78 is 9.95. The first-order valence-electron chi connectivity index (χ1n) is 12.8. The second-order valence-corrected chi connectivity index (χ2v) is 10.3. The standard InChI is InChI=1S/C27H33N5O3S/c1-3-19-4-6-20(7-5-19)16-28-25(33)21-8-10-31(11-9-21)24-22(27(34)32-12-14-35-15-13-32)17-29-26-23(24)18(2)30-36-26/h4-7,17,21H,3,8-16H2,1-2H3,(H,28,33). The fourth-order valence-corrected chi connectivity index (χ4v) is 5.80. The molecule has 8 nitrogen and oxygen atoms in total. The zero-order valence-electron chi connectivity index (χ0n) is 21.0. The number of hydrogen-bond acceptors (Lipinski definition) is 7. The molecular weight excluding hydrogens is 474 g/mol. The quantitative estimate of drug-likeness (QED) is 0.549. The summed E-state index contributed by atoms with van der Waals surface area (Å²) in [5, 5.41) is 4.08. The van der Waals surface area contributed by atoms with Gasteiger partial charge in [0.05, 0.1) is 35.5 Å². The molecule has 36 heavy (non-hydrogen) atoms. The molecule has 2 fully saturated rings. The second kappa shape index (κ2) is 10.9. The third-order valence-electron chi connectivity index (χ3n) is 7.26. The number of rotatable bonds is 6. The summed E-state index contributed by atoms with van der Waals surface area (Å²) in [6, 6.07) is 8.40. The van der Waals surface area contributed by atoms with Gasteiger partial charge in [-0.1, -0.05) is 31.2 Å². The molecule has 2 aliphatic rings. The SMILES string of the molecule is CCc1ccc(CNC(=O)C2CCN(c3c(C(=O)N4CCOCC4)cnc4snc(C)c34)CC2)cc1. The number of ether oxygens (including phenoxy) is 1. The van der Waals surface area contributed by atoms with Crippen LogP contribution in [0.5, 0.6) is 0 Å². The molecule has 1 N–H and O–H groups in total. The maximum Gasteiger partial charge on any atom is 0.257 e. The molecule has 2 amide bonds. The Labute approximate surface area is 215 Å². The molecule has 4 heterocycles. The third-order valence-corrected chi connectivity index (χ3v) is 8.10. The lowest BCUT2D eigenvalue weighted by molar-refractivity contribution is -0.125. The van der Waals surface area contributed by atoms with Crippen molar-refractivity contribution in [3.8, 4) is 0 Å². The van der Waals surface area contributed by atoms with Crippen LogP contribution in [0.4, 0.5) is 5.69 Å². The molecule has 190 valence electrons. The van der Waals surface area contributed by atoms with Crippen molar-refractivity contribution >= 4 is 39.3 Å². The van der Waals surface area contributed by atoms with Gasteiger partial charge < -0.3 is 19.9 Å². The van der Waals surface area contributed by atoms with Crippen LogP contribution < -0.4 is 10.2 Å². The molecule has 2 saturated heterocycles. The van der Waals surface area contributed by atoms with E-state index in [0.717, 1.165) is 46.4 Å². The highest BCUT2D eigenvalue weighted by molar-refractivity contribution is 7.13. The Morgan fingerprint density at radius 3 is 2.47 bits per heavy atom. The number of carbonyl (C=O) groups excluding carboxylic acids is 2. The maximum atomic E-state index is 13.5. The minimum Gasteiger partial charge on any atom is -0.378 e. The highest BCUT2D eigenvalue weighted by Crippen LogP contribution is 2.36. The van der Waals surface area contributed by atoms with Gasteiger partial charge in [-0.05, 0) is 48.8 Å². The number of benzene rings is 1. The van der Waals surface area contributed by atoms with E-state index >= 15 is 0 Å². The Balaban J connectivity index is 1.29. The molecule has 0 bridgehead atoms. The Hall–Kier alpha value is -3.04. The van der Waals surface area contributed by atoms with Crippen molar-refractivity contribution in [2.45, 2.75) is 39.7 Å². The number of fused-ring (bicyclic) bond motifs is 1. The summed E-state index contributed by atoms with van der Waals surface area (Å²) in [6.45, 7) is 8.35. The van der Waals surface area contributed by atoms with Crippen LogP contribution in [0, 0.1) is 12.8 Å². The molecule has 0 saturated carbocycles. The van der Waals surface area contributed by atoms with E-state index in [-0.39, 0.29) is 17.7 Å². The minimum absolute atomic E-state index is 0.0118. The summed E-state index contributed by atoms with van der Waals surface area (Å²) >= 11 is 1.36. The lowest BCUT2D eigenvalue weighted by Crippen LogP contribution is -2.43. The van der Waals surface area contributed by atoms with Gasteiger partial charge in [-0.3, -0.25) is 9.59 Å². The smallest absolute Gasteiger partial charge is 0.257 e. The van der Waals surface area contributed by atoms with Gasteiger partial charge in [0.1, 0.15) is 4.83 Å². The average molecular weight is 508 g/mol. The normalized spacial score (nSPS) is 16.9. The highest BCUT2D eigenvalue weighted by Gasteiger charge is 2.31. The van der Waals surface area contributed by atoms with Crippen LogP contribution in [0.3, 0.4) is 0 Å². The van der Waals surface area contributed by atoms with Crippen molar-refractivity contribution < 1.29 is 14.3 Å². The number of aromatic nitrogens is 2. The predicted octanol–water partition coefficient (Wildman–Crippen LogP) is 3.57. The number of nitrogens with zero attached hydrogens (tertiary/aromatic N) is 4. The maximum absolute atomic E-state index is 13.5. The molecule has 0 radical (unpaired) electrons. The Morgan fingerprint density at radius 2 is 1.78 bits per heavy atom. The molecule has 0 spiro atoms. The van der Waals surface area contributed by atoms with Gasteiger partial charge in [0.2, 0.25) is 5.91 Å². The molecule has 2 aliphatic heterocycles. The minimum atomic E-state index is -0.0337. The summed E-state index contributed by atoms with van der Waals surface area (Å²) in [6.07, 6.45) is 4.20. The first-order valence-corrected chi connectivity index (χ1v) is 13.5. The molecule has 2 aromatic heterocycles. The van der Waals surface area contributed by atoms with Gasteiger partial charge >= 0.3 is 0 Å².